The number of ether oxygens (including phenoxy) is 2. The van der Waals surface area contributed by atoms with Gasteiger partial charge in [0.15, 0.2) is 0 Å². The molecule has 0 aromatic heterocycles. The molecule has 5 rings (SSSR count). The molecule has 1 heterocycles. The summed E-state index contributed by atoms with van der Waals surface area (Å²) in [7, 11) is 0. The second-order valence-corrected chi connectivity index (χ2v) is 9.66. The zero-order chi connectivity index (χ0) is 21.2. The Kier molecular flexibility index (Phi) is 5.90. The van der Waals surface area contributed by atoms with E-state index in [-0.39, 0.29) is 35.4 Å². The van der Waals surface area contributed by atoms with Crippen molar-refractivity contribution in [3.05, 3.63) is 41.7 Å². The predicted molar refractivity (Wildman–Crippen MR) is 114 cm³/mol. The van der Waals surface area contributed by atoms with Crippen molar-refractivity contribution in [1.29, 1.82) is 0 Å². The first-order valence-corrected chi connectivity index (χ1v) is 11.0. The van der Waals surface area contributed by atoms with Gasteiger partial charge in [0.25, 0.3) is 0 Å². The van der Waals surface area contributed by atoms with E-state index in [0.29, 0.717) is 18.5 Å². The molecule has 164 valence electrons. The molecule has 5 nitrogen and oxygen atoms in total. The van der Waals surface area contributed by atoms with E-state index in [1.807, 2.05) is 12.1 Å². The standard InChI is InChI=1S/C24H33FN2O3/c1-22(12-13-29-17-22)27-21(28)24-9-6-23(7-10-24,8-11-24)19-2-4-20(5-3-19)30-16-18(14-25)15-26/h2-5,14H,6-13,15-17,26H2,1H3,(H,27,28)/b18-14+. The Morgan fingerprint density at radius 3 is 2.37 bits per heavy atom. The maximum Gasteiger partial charge on any atom is 0.226 e. The summed E-state index contributed by atoms with van der Waals surface area (Å²) in [4.78, 5) is 13.2. The van der Waals surface area contributed by atoms with Gasteiger partial charge in [-0.25, -0.2) is 4.39 Å². The molecule has 3 saturated carbocycles. The molecule has 3 aliphatic carbocycles. The van der Waals surface area contributed by atoms with Crippen LogP contribution in [0.4, 0.5) is 4.39 Å². The lowest BCUT2D eigenvalue weighted by molar-refractivity contribution is -0.139. The molecule has 1 aromatic carbocycles. The molecule has 0 radical (unpaired) electrons. The highest BCUT2D eigenvalue weighted by Crippen LogP contribution is 2.58. The van der Waals surface area contributed by atoms with Crippen LogP contribution in [0.2, 0.25) is 0 Å². The Morgan fingerprint density at radius 1 is 1.17 bits per heavy atom. The number of carbonyl (C=O) groups is 1. The summed E-state index contributed by atoms with van der Waals surface area (Å²) >= 11 is 0. The van der Waals surface area contributed by atoms with E-state index in [9.17, 15) is 9.18 Å². The zero-order valence-electron chi connectivity index (χ0n) is 17.8. The summed E-state index contributed by atoms with van der Waals surface area (Å²) in [6, 6.07) is 8.18. The van der Waals surface area contributed by atoms with Crippen molar-refractivity contribution < 1.29 is 18.7 Å². The highest BCUT2D eigenvalue weighted by atomic mass is 19.1. The third kappa shape index (κ3) is 4.00. The average molecular weight is 417 g/mol. The number of fused-ring (bicyclic) bond motifs is 3. The molecule has 1 amide bonds. The minimum atomic E-state index is -0.215. The van der Waals surface area contributed by atoms with Crippen molar-refractivity contribution in [2.24, 2.45) is 11.1 Å². The summed E-state index contributed by atoms with van der Waals surface area (Å²) in [6.07, 6.45) is 7.34. The fraction of sp³-hybridized carbons (Fsp3) is 0.625. The topological polar surface area (TPSA) is 73.6 Å². The van der Waals surface area contributed by atoms with Crippen molar-refractivity contribution in [1.82, 2.24) is 5.32 Å². The summed E-state index contributed by atoms with van der Waals surface area (Å²) in [5.41, 5.74) is 6.95. The quantitative estimate of drug-likeness (QED) is 0.710. The van der Waals surface area contributed by atoms with Gasteiger partial charge in [-0.05, 0) is 75.0 Å². The van der Waals surface area contributed by atoms with Gasteiger partial charge in [0, 0.05) is 24.1 Å². The molecule has 6 heteroatoms. The largest absolute Gasteiger partial charge is 0.489 e. The summed E-state index contributed by atoms with van der Waals surface area (Å²) in [6.45, 7) is 3.75. The van der Waals surface area contributed by atoms with Crippen molar-refractivity contribution in [3.8, 4) is 5.75 Å². The van der Waals surface area contributed by atoms with Crippen LogP contribution in [0.5, 0.6) is 5.75 Å². The molecule has 2 bridgehead atoms. The van der Waals surface area contributed by atoms with Crippen molar-refractivity contribution >= 4 is 5.91 Å². The number of nitrogens with one attached hydrogen (secondary N) is 1. The van der Waals surface area contributed by atoms with Gasteiger partial charge in [-0.1, -0.05) is 12.1 Å². The summed E-state index contributed by atoms with van der Waals surface area (Å²) in [5.74, 6) is 0.944. The van der Waals surface area contributed by atoms with Crippen LogP contribution in [0, 0.1) is 5.41 Å². The van der Waals surface area contributed by atoms with E-state index in [0.717, 1.165) is 57.3 Å². The number of nitrogens with two attached hydrogens (primary N) is 1. The van der Waals surface area contributed by atoms with Crippen molar-refractivity contribution in [2.75, 3.05) is 26.4 Å². The van der Waals surface area contributed by atoms with Crippen molar-refractivity contribution in [3.63, 3.8) is 0 Å². The third-order valence-corrected chi connectivity index (χ3v) is 7.67. The first-order chi connectivity index (χ1) is 14.4. The van der Waals surface area contributed by atoms with E-state index in [2.05, 4.69) is 24.4 Å². The maximum absolute atomic E-state index is 13.2. The Hall–Kier alpha value is -1.92. The average Bonchev–Trinajstić information content (AvgIpc) is 3.22. The molecular formula is C24H33FN2O3. The van der Waals surface area contributed by atoms with Crippen LogP contribution in [0.15, 0.2) is 36.2 Å². The highest BCUT2D eigenvalue weighted by molar-refractivity contribution is 5.84. The molecule has 30 heavy (non-hydrogen) atoms. The van der Waals surface area contributed by atoms with E-state index in [1.165, 1.54) is 5.56 Å². The summed E-state index contributed by atoms with van der Waals surface area (Å²) < 4.78 is 23.8. The molecule has 1 unspecified atom stereocenters. The number of hydrogen-bond acceptors (Lipinski definition) is 4. The lowest BCUT2D eigenvalue weighted by atomic mass is 9.51. The zero-order valence-corrected chi connectivity index (χ0v) is 17.8. The highest BCUT2D eigenvalue weighted by Gasteiger charge is 2.53. The van der Waals surface area contributed by atoms with Gasteiger partial charge in [-0.3, -0.25) is 4.79 Å². The maximum atomic E-state index is 13.2. The molecule has 4 aliphatic rings. The van der Waals surface area contributed by atoms with Crippen LogP contribution in [-0.2, 0) is 14.9 Å². The van der Waals surface area contributed by atoms with Gasteiger partial charge in [0.2, 0.25) is 5.91 Å². The predicted octanol–water partition coefficient (Wildman–Crippen LogP) is 3.76. The minimum Gasteiger partial charge on any atom is -0.489 e. The van der Waals surface area contributed by atoms with Gasteiger partial charge in [-0.15, -0.1) is 0 Å². The van der Waals surface area contributed by atoms with Gasteiger partial charge < -0.3 is 20.5 Å². The molecule has 1 saturated heterocycles. The molecule has 1 atom stereocenters. The van der Waals surface area contributed by atoms with Crippen LogP contribution in [-0.4, -0.2) is 37.8 Å². The van der Waals surface area contributed by atoms with Gasteiger partial charge >= 0.3 is 0 Å². The van der Waals surface area contributed by atoms with E-state index in [4.69, 9.17) is 15.2 Å². The molecule has 4 fully saturated rings. The third-order valence-electron chi connectivity index (χ3n) is 7.67. The second kappa shape index (κ2) is 8.31. The van der Waals surface area contributed by atoms with Crippen LogP contribution >= 0.6 is 0 Å². The Balaban J connectivity index is 1.38. The Labute approximate surface area is 178 Å². The number of carbonyl (C=O) groups excluding carboxylic acids is 1. The number of rotatable bonds is 7. The first kappa shape index (κ1) is 21.3. The van der Waals surface area contributed by atoms with Crippen LogP contribution in [0.3, 0.4) is 0 Å². The first-order valence-electron chi connectivity index (χ1n) is 11.0. The smallest absolute Gasteiger partial charge is 0.226 e. The lowest BCUT2D eigenvalue weighted by Crippen LogP contribution is -2.57. The second-order valence-electron chi connectivity index (χ2n) is 9.66. The molecule has 3 N–H and O–H groups in total. The fourth-order valence-electron chi connectivity index (χ4n) is 5.35. The number of halogens is 1. The van der Waals surface area contributed by atoms with E-state index in [1.54, 1.807) is 0 Å². The van der Waals surface area contributed by atoms with Crippen LogP contribution < -0.4 is 15.8 Å². The number of amides is 1. The Bertz CT molecular complexity index is 775. The number of hydrogen-bond donors (Lipinski definition) is 2. The van der Waals surface area contributed by atoms with Gasteiger partial charge in [-0.2, -0.15) is 0 Å². The molecule has 1 aliphatic heterocycles. The lowest BCUT2D eigenvalue weighted by Gasteiger charge is -2.53. The summed E-state index contributed by atoms with van der Waals surface area (Å²) in [5, 5.41) is 3.31. The van der Waals surface area contributed by atoms with Gasteiger partial charge in [0.1, 0.15) is 12.4 Å². The normalized spacial score (nSPS) is 33.5. The minimum absolute atomic E-state index is 0.152. The molecule has 1 aromatic rings. The van der Waals surface area contributed by atoms with E-state index >= 15 is 0 Å². The SMILES string of the molecule is CC1(NC(=O)C23CCC(c4ccc(OC/C(=C/F)CN)cc4)(CC2)CC3)CCOC1. The number of benzene rings is 1. The molecule has 0 spiro atoms. The van der Waals surface area contributed by atoms with E-state index < -0.39 is 0 Å². The van der Waals surface area contributed by atoms with Gasteiger partial charge in [0.05, 0.1) is 18.5 Å². The van der Waals surface area contributed by atoms with Crippen LogP contribution in [0.25, 0.3) is 0 Å². The monoisotopic (exact) mass is 416 g/mol. The van der Waals surface area contributed by atoms with Crippen molar-refractivity contribution in [2.45, 2.75) is 62.8 Å². The van der Waals surface area contributed by atoms with Crippen LogP contribution in [0.1, 0.15) is 57.4 Å². The molecular weight excluding hydrogens is 383 g/mol. The Morgan fingerprint density at radius 2 is 1.83 bits per heavy atom. The fourth-order valence-corrected chi connectivity index (χ4v) is 5.35.